The molecule has 0 amide bonds. The van der Waals surface area contributed by atoms with Gasteiger partial charge in [0.05, 0.1) is 12.2 Å². The van der Waals surface area contributed by atoms with E-state index >= 15 is 0 Å². The molecule has 0 radical (unpaired) electrons. The standard InChI is InChI=1S/C32H35FN2O3/c1-32(2,3)30-19-27(16-13-23-7-5-4-6-8-23)35(34-30)21-24-9-11-25(12-10-24)22-38-28-17-14-26(29(33)20-28)15-18-31(36)37/h4-12,14,17,19-20H,13,15-16,18,21-22H2,1-3H3,(H,36,37). The first-order valence-electron chi connectivity index (χ1n) is 13.0. The van der Waals surface area contributed by atoms with E-state index < -0.39 is 11.8 Å². The molecule has 0 aliphatic heterocycles. The second-order valence-corrected chi connectivity index (χ2v) is 10.7. The number of rotatable bonds is 11. The Morgan fingerprint density at radius 3 is 2.26 bits per heavy atom. The van der Waals surface area contributed by atoms with Gasteiger partial charge in [0.25, 0.3) is 0 Å². The summed E-state index contributed by atoms with van der Waals surface area (Å²) >= 11 is 0. The Balaban J connectivity index is 1.39. The lowest BCUT2D eigenvalue weighted by atomic mass is 9.92. The van der Waals surface area contributed by atoms with Crippen molar-refractivity contribution in [2.45, 2.75) is 65.0 Å². The summed E-state index contributed by atoms with van der Waals surface area (Å²) < 4.78 is 22.2. The minimum Gasteiger partial charge on any atom is -0.489 e. The average molecular weight is 515 g/mol. The summed E-state index contributed by atoms with van der Waals surface area (Å²) in [6, 6.07) is 25.5. The summed E-state index contributed by atoms with van der Waals surface area (Å²) in [5, 5.41) is 13.7. The molecule has 1 aromatic heterocycles. The molecule has 38 heavy (non-hydrogen) atoms. The summed E-state index contributed by atoms with van der Waals surface area (Å²) in [7, 11) is 0. The number of ether oxygens (including phenoxy) is 1. The number of carbonyl (C=O) groups is 1. The van der Waals surface area contributed by atoms with Crippen molar-refractivity contribution < 1.29 is 19.0 Å². The molecule has 0 atom stereocenters. The lowest BCUT2D eigenvalue weighted by Gasteiger charge is -2.14. The predicted octanol–water partition coefficient (Wildman–Crippen LogP) is 6.75. The largest absolute Gasteiger partial charge is 0.489 e. The van der Waals surface area contributed by atoms with Crippen LogP contribution in [0.5, 0.6) is 5.75 Å². The highest BCUT2D eigenvalue weighted by Crippen LogP contribution is 2.24. The molecule has 4 aromatic rings. The molecule has 0 bridgehead atoms. The maximum atomic E-state index is 14.3. The third-order valence-corrected chi connectivity index (χ3v) is 6.54. The third kappa shape index (κ3) is 7.54. The van der Waals surface area contributed by atoms with Crippen LogP contribution in [0.15, 0.2) is 78.9 Å². The van der Waals surface area contributed by atoms with Gasteiger partial charge in [-0.2, -0.15) is 5.10 Å². The molecule has 0 saturated carbocycles. The van der Waals surface area contributed by atoms with Crippen molar-refractivity contribution in [3.63, 3.8) is 0 Å². The fraction of sp³-hybridized carbons (Fsp3) is 0.312. The van der Waals surface area contributed by atoms with Crippen molar-refractivity contribution in [1.29, 1.82) is 0 Å². The van der Waals surface area contributed by atoms with Crippen LogP contribution in [0.1, 0.15) is 60.8 Å². The van der Waals surface area contributed by atoms with E-state index in [1.54, 1.807) is 12.1 Å². The summed E-state index contributed by atoms with van der Waals surface area (Å²) in [5.41, 5.74) is 6.10. The van der Waals surface area contributed by atoms with Gasteiger partial charge in [0.15, 0.2) is 0 Å². The first-order chi connectivity index (χ1) is 18.2. The van der Waals surface area contributed by atoms with Gasteiger partial charge in [-0.15, -0.1) is 0 Å². The highest BCUT2D eigenvalue weighted by Gasteiger charge is 2.20. The van der Waals surface area contributed by atoms with Crippen LogP contribution in [-0.2, 0) is 42.6 Å². The number of aryl methyl sites for hydroxylation is 3. The van der Waals surface area contributed by atoms with Gasteiger partial charge in [-0.25, -0.2) is 4.39 Å². The zero-order valence-electron chi connectivity index (χ0n) is 22.3. The van der Waals surface area contributed by atoms with Crippen LogP contribution >= 0.6 is 0 Å². The number of carboxylic acid groups (broad SMARTS) is 1. The number of hydrogen-bond acceptors (Lipinski definition) is 3. The number of aliphatic carboxylic acids is 1. The molecule has 0 spiro atoms. The van der Waals surface area contributed by atoms with Crippen LogP contribution < -0.4 is 4.74 Å². The second kappa shape index (κ2) is 12.1. The van der Waals surface area contributed by atoms with E-state index in [0.29, 0.717) is 24.5 Å². The minimum absolute atomic E-state index is 0.0259. The summed E-state index contributed by atoms with van der Waals surface area (Å²) in [6.07, 6.45) is 1.94. The number of nitrogens with zero attached hydrogens (tertiary/aromatic N) is 2. The van der Waals surface area contributed by atoms with E-state index in [1.165, 1.54) is 17.3 Å². The molecule has 0 unspecified atom stereocenters. The molecular weight excluding hydrogens is 479 g/mol. The van der Waals surface area contributed by atoms with Crippen LogP contribution in [0.4, 0.5) is 4.39 Å². The van der Waals surface area contributed by atoms with E-state index in [4.69, 9.17) is 14.9 Å². The fourth-order valence-electron chi connectivity index (χ4n) is 4.22. The maximum absolute atomic E-state index is 14.3. The third-order valence-electron chi connectivity index (χ3n) is 6.54. The molecule has 198 valence electrons. The Labute approximate surface area is 223 Å². The number of halogens is 1. The first kappa shape index (κ1) is 27.1. The van der Waals surface area contributed by atoms with E-state index in [2.05, 4.69) is 67.9 Å². The van der Waals surface area contributed by atoms with Crippen molar-refractivity contribution in [1.82, 2.24) is 9.78 Å². The van der Waals surface area contributed by atoms with Gasteiger partial charge in [0.2, 0.25) is 0 Å². The SMILES string of the molecule is CC(C)(C)c1cc(CCc2ccccc2)n(Cc2ccc(COc3ccc(CCC(=O)O)c(F)c3)cc2)n1. The Morgan fingerprint density at radius 2 is 1.61 bits per heavy atom. The number of hydrogen-bond donors (Lipinski definition) is 1. The lowest BCUT2D eigenvalue weighted by Crippen LogP contribution is -2.13. The molecule has 0 fully saturated rings. The number of carboxylic acids is 1. The Hall–Kier alpha value is -3.93. The van der Waals surface area contributed by atoms with Gasteiger partial charge in [0.1, 0.15) is 18.2 Å². The van der Waals surface area contributed by atoms with Gasteiger partial charge >= 0.3 is 5.97 Å². The Bertz CT molecular complexity index is 1360. The van der Waals surface area contributed by atoms with Gasteiger partial charge < -0.3 is 9.84 Å². The van der Waals surface area contributed by atoms with Crippen LogP contribution in [0, 0.1) is 5.82 Å². The molecule has 0 aliphatic carbocycles. The second-order valence-electron chi connectivity index (χ2n) is 10.7. The zero-order chi connectivity index (χ0) is 27.1. The average Bonchev–Trinajstić information content (AvgIpc) is 3.30. The highest BCUT2D eigenvalue weighted by atomic mass is 19.1. The number of aromatic nitrogens is 2. The van der Waals surface area contributed by atoms with Crippen molar-refractivity contribution >= 4 is 5.97 Å². The van der Waals surface area contributed by atoms with E-state index in [9.17, 15) is 9.18 Å². The van der Waals surface area contributed by atoms with E-state index in [-0.39, 0.29) is 18.3 Å². The normalized spacial score (nSPS) is 11.5. The Kier molecular flexibility index (Phi) is 8.62. The molecule has 5 nitrogen and oxygen atoms in total. The molecule has 3 aromatic carbocycles. The van der Waals surface area contributed by atoms with Gasteiger partial charge in [0, 0.05) is 23.6 Å². The minimum atomic E-state index is -0.946. The quantitative estimate of drug-likeness (QED) is 0.240. The lowest BCUT2D eigenvalue weighted by molar-refractivity contribution is -0.136. The molecule has 4 rings (SSSR count). The molecule has 6 heteroatoms. The van der Waals surface area contributed by atoms with Crippen LogP contribution in [0.3, 0.4) is 0 Å². The van der Waals surface area contributed by atoms with Gasteiger partial charge in [-0.1, -0.05) is 81.4 Å². The fourth-order valence-corrected chi connectivity index (χ4v) is 4.22. The molecule has 0 aliphatic rings. The van der Waals surface area contributed by atoms with Crippen molar-refractivity contribution in [3.8, 4) is 5.75 Å². The molecule has 0 saturated heterocycles. The topological polar surface area (TPSA) is 64.3 Å². The van der Waals surface area contributed by atoms with E-state index in [1.807, 2.05) is 18.2 Å². The van der Waals surface area contributed by atoms with Crippen LogP contribution in [-0.4, -0.2) is 20.9 Å². The first-order valence-corrected chi connectivity index (χ1v) is 13.0. The molecule has 1 N–H and O–H groups in total. The van der Waals surface area contributed by atoms with Gasteiger partial charge in [-0.05, 0) is 53.6 Å². The van der Waals surface area contributed by atoms with E-state index in [0.717, 1.165) is 29.7 Å². The Morgan fingerprint density at radius 1 is 0.895 bits per heavy atom. The zero-order valence-corrected chi connectivity index (χ0v) is 22.3. The van der Waals surface area contributed by atoms with Crippen molar-refractivity contribution in [2.75, 3.05) is 0 Å². The van der Waals surface area contributed by atoms with Gasteiger partial charge in [-0.3, -0.25) is 9.48 Å². The highest BCUT2D eigenvalue weighted by molar-refractivity contribution is 5.67. The van der Waals surface area contributed by atoms with Crippen LogP contribution in [0.25, 0.3) is 0 Å². The maximum Gasteiger partial charge on any atom is 0.303 e. The molecular formula is C32H35FN2O3. The summed E-state index contributed by atoms with van der Waals surface area (Å²) in [4.78, 5) is 10.7. The van der Waals surface area contributed by atoms with Crippen LogP contribution in [0.2, 0.25) is 0 Å². The van der Waals surface area contributed by atoms with Crippen molar-refractivity contribution in [2.24, 2.45) is 0 Å². The summed E-state index contributed by atoms with van der Waals surface area (Å²) in [6.45, 7) is 7.55. The van der Waals surface area contributed by atoms with Crippen molar-refractivity contribution in [3.05, 3.63) is 118 Å². The number of benzene rings is 3. The molecule has 1 heterocycles. The monoisotopic (exact) mass is 514 g/mol. The summed E-state index contributed by atoms with van der Waals surface area (Å²) in [5.74, 6) is -0.977. The predicted molar refractivity (Wildman–Crippen MR) is 147 cm³/mol. The smallest absolute Gasteiger partial charge is 0.303 e.